The van der Waals surface area contributed by atoms with Crippen LogP contribution in [0.3, 0.4) is 0 Å². The van der Waals surface area contributed by atoms with Crippen molar-refractivity contribution in [3.05, 3.63) is 35.4 Å². The van der Waals surface area contributed by atoms with Crippen LogP contribution in [0.15, 0.2) is 24.3 Å². The van der Waals surface area contributed by atoms with Crippen molar-refractivity contribution in [3.63, 3.8) is 0 Å². The van der Waals surface area contributed by atoms with Gasteiger partial charge < -0.3 is 15.7 Å². The van der Waals surface area contributed by atoms with Gasteiger partial charge in [0.1, 0.15) is 5.54 Å². The molecule has 3 N–H and O–H groups in total. The number of carbonyl (C=O) groups is 3. The van der Waals surface area contributed by atoms with E-state index in [0.717, 1.165) is 11.3 Å². The Morgan fingerprint density at radius 3 is 2.45 bits per heavy atom. The monoisotopic (exact) mass is 322 g/mol. The van der Waals surface area contributed by atoms with Crippen LogP contribution in [-0.4, -0.2) is 39.9 Å². The summed E-state index contributed by atoms with van der Waals surface area (Å²) < 4.78 is 0. The van der Waals surface area contributed by atoms with E-state index in [1.54, 1.807) is 24.3 Å². The molecule has 0 bridgehead atoms. The molecule has 0 spiro atoms. The maximum Gasteiger partial charge on any atom is 0.330 e. The van der Waals surface area contributed by atoms with Crippen LogP contribution in [0.25, 0.3) is 0 Å². The van der Waals surface area contributed by atoms with Gasteiger partial charge in [-0.2, -0.15) is 11.8 Å². The van der Waals surface area contributed by atoms with E-state index in [2.05, 4.69) is 10.6 Å². The SMILES string of the molecule is CC(=O)NCc1ccc(C(=O)N[C@@]2(C(=O)O)CCSC2)cc1. The van der Waals surface area contributed by atoms with Gasteiger partial charge in [-0.3, -0.25) is 9.59 Å². The van der Waals surface area contributed by atoms with E-state index in [1.165, 1.54) is 18.7 Å². The van der Waals surface area contributed by atoms with Gasteiger partial charge in [-0.05, 0) is 29.9 Å². The number of rotatable bonds is 5. The average Bonchev–Trinajstić information content (AvgIpc) is 2.95. The summed E-state index contributed by atoms with van der Waals surface area (Å²) in [6.07, 6.45) is 0.430. The first kappa shape index (κ1) is 16.4. The minimum absolute atomic E-state index is 0.121. The Balaban J connectivity index is 2.03. The molecular formula is C15H18N2O4S. The standard InChI is InChI=1S/C15H18N2O4S/c1-10(18)16-8-11-2-4-12(5-3-11)13(19)17-15(14(20)21)6-7-22-9-15/h2-5H,6-9H2,1H3,(H,16,18)(H,17,19)(H,20,21)/t15-/m0/s1. The zero-order valence-corrected chi connectivity index (χ0v) is 13.0. The highest BCUT2D eigenvalue weighted by Crippen LogP contribution is 2.28. The van der Waals surface area contributed by atoms with E-state index in [9.17, 15) is 19.5 Å². The first-order chi connectivity index (χ1) is 10.4. The topological polar surface area (TPSA) is 95.5 Å². The molecule has 118 valence electrons. The number of carboxylic acids is 1. The second-order valence-electron chi connectivity index (χ2n) is 5.25. The molecule has 1 fully saturated rings. The lowest BCUT2D eigenvalue weighted by atomic mass is 9.98. The largest absolute Gasteiger partial charge is 0.479 e. The van der Waals surface area contributed by atoms with Crippen molar-refractivity contribution in [3.8, 4) is 0 Å². The minimum atomic E-state index is -1.17. The molecule has 0 aromatic heterocycles. The highest BCUT2D eigenvalue weighted by atomic mass is 32.2. The Kier molecular flexibility index (Phi) is 5.07. The fraction of sp³-hybridized carbons (Fsp3) is 0.400. The third-order valence-corrected chi connectivity index (χ3v) is 4.73. The smallest absolute Gasteiger partial charge is 0.330 e. The summed E-state index contributed by atoms with van der Waals surface area (Å²) >= 11 is 1.52. The maximum absolute atomic E-state index is 12.2. The quantitative estimate of drug-likeness (QED) is 0.752. The molecule has 7 heteroatoms. The van der Waals surface area contributed by atoms with Gasteiger partial charge in [-0.25, -0.2) is 4.79 Å². The molecule has 1 atom stereocenters. The van der Waals surface area contributed by atoms with Crippen LogP contribution in [0.5, 0.6) is 0 Å². The molecule has 1 aliphatic heterocycles. The normalized spacial score (nSPS) is 20.4. The molecule has 0 aliphatic carbocycles. The lowest BCUT2D eigenvalue weighted by molar-refractivity contribution is -0.143. The molecule has 22 heavy (non-hydrogen) atoms. The van der Waals surface area contributed by atoms with Gasteiger partial charge >= 0.3 is 5.97 Å². The highest BCUT2D eigenvalue weighted by molar-refractivity contribution is 7.99. The van der Waals surface area contributed by atoms with Crippen molar-refractivity contribution in [2.24, 2.45) is 0 Å². The summed E-state index contributed by atoms with van der Waals surface area (Å²) in [7, 11) is 0. The van der Waals surface area contributed by atoms with Crippen molar-refractivity contribution < 1.29 is 19.5 Å². The van der Waals surface area contributed by atoms with Crippen molar-refractivity contribution in [2.75, 3.05) is 11.5 Å². The number of carboxylic acid groups (broad SMARTS) is 1. The van der Waals surface area contributed by atoms with Gasteiger partial charge in [0.25, 0.3) is 5.91 Å². The highest BCUT2D eigenvalue weighted by Gasteiger charge is 2.43. The minimum Gasteiger partial charge on any atom is -0.479 e. The number of amides is 2. The number of benzene rings is 1. The maximum atomic E-state index is 12.2. The van der Waals surface area contributed by atoms with Crippen LogP contribution in [0.4, 0.5) is 0 Å². The molecule has 2 amide bonds. The fourth-order valence-electron chi connectivity index (χ4n) is 2.18. The molecule has 0 radical (unpaired) electrons. The van der Waals surface area contributed by atoms with Gasteiger partial charge in [0, 0.05) is 24.8 Å². The van der Waals surface area contributed by atoms with Gasteiger partial charge in [0.05, 0.1) is 0 Å². The first-order valence-electron chi connectivity index (χ1n) is 6.90. The van der Waals surface area contributed by atoms with Crippen LogP contribution < -0.4 is 10.6 Å². The molecule has 0 unspecified atom stereocenters. The van der Waals surface area contributed by atoms with E-state index < -0.39 is 17.4 Å². The van der Waals surface area contributed by atoms with Crippen molar-refractivity contribution in [1.82, 2.24) is 10.6 Å². The number of thioether (sulfide) groups is 1. The predicted octanol–water partition coefficient (Wildman–Crippen LogP) is 1.01. The number of nitrogens with one attached hydrogen (secondary N) is 2. The molecule has 1 aromatic rings. The van der Waals surface area contributed by atoms with Crippen molar-refractivity contribution in [1.29, 1.82) is 0 Å². The number of aliphatic carboxylic acids is 1. The Bertz CT molecular complexity index is 580. The predicted molar refractivity (Wildman–Crippen MR) is 83.7 cm³/mol. The molecule has 6 nitrogen and oxygen atoms in total. The molecule has 1 aromatic carbocycles. The third-order valence-electron chi connectivity index (χ3n) is 3.54. The summed E-state index contributed by atoms with van der Waals surface area (Å²) in [5.41, 5.74) is 0.108. The van der Waals surface area contributed by atoms with Crippen molar-refractivity contribution >= 4 is 29.5 Å². The van der Waals surface area contributed by atoms with Gasteiger partial charge in [-0.1, -0.05) is 12.1 Å². The van der Waals surface area contributed by atoms with E-state index in [1.807, 2.05) is 0 Å². The zero-order chi connectivity index (χ0) is 16.2. The van der Waals surface area contributed by atoms with E-state index in [0.29, 0.717) is 24.3 Å². The Labute approximate surface area is 132 Å². The summed E-state index contributed by atoms with van der Waals surface area (Å²) in [5, 5.41) is 14.7. The summed E-state index contributed by atoms with van der Waals surface area (Å²) in [5.74, 6) is -0.398. The fourth-order valence-corrected chi connectivity index (χ4v) is 3.50. The first-order valence-corrected chi connectivity index (χ1v) is 8.05. The molecule has 1 saturated heterocycles. The number of hydrogen-bond donors (Lipinski definition) is 3. The molecule has 1 aliphatic rings. The van der Waals surface area contributed by atoms with Crippen LogP contribution in [0.2, 0.25) is 0 Å². The van der Waals surface area contributed by atoms with Crippen LogP contribution >= 0.6 is 11.8 Å². The third kappa shape index (κ3) is 3.79. The van der Waals surface area contributed by atoms with Crippen LogP contribution in [-0.2, 0) is 16.1 Å². The average molecular weight is 322 g/mol. The molecular weight excluding hydrogens is 304 g/mol. The molecule has 0 saturated carbocycles. The lowest BCUT2D eigenvalue weighted by Gasteiger charge is -2.24. The number of carbonyl (C=O) groups excluding carboxylic acids is 2. The summed E-state index contributed by atoms with van der Waals surface area (Å²) in [6, 6.07) is 6.73. The molecule has 1 heterocycles. The summed E-state index contributed by atoms with van der Waals surface area (Å²) in [6.45, 7) is 1.83. The van der Waals surface area contributed by atoms with Crippen molar-refractivity contribution in [2.45, 2.75) is 25.4 Å². The van der Waals surface area contributed by atoms with Crippen LogP contribution in [0.1, 0.15) is 29.3 Å². The van der Waals surface area contributed by atoms with Gasteiger partial charge in [-0.15, -0.1) is 0 Å². The lowest BCUT2D eigenvalue weighted by Crippen LogP contribution is -2.54. The Morgan fingerprint density at radius 1 is 1.27 bits per heavy atom. The van der Waals surface area contributed by atoms with E-state index in [4.69, 9.17) is 0 Å². The second-order valence-corrected chi connectivity index (χ2v) is 6.36. The second kappa shape index (κ2) is 6.83. The Hall–Kier alpha value is -2.02. The molecule has 2 rings (SSSR count). The Morgan fingerprint density at radius 2 is 1.95 bits per heavy atom. The van der Waals surface area contributed by atoms with Gasteiger partial charge in [0.15, 0.2) is 0 Å². The van der Waals surface area contributed by atoms with Gasteiger partial charge in [0.2, 0.25) is 5.91 Å². The van der Waals surface area contributed by atoms with E-state index >= 15 is 0 Å². The summed E-state index contributed by atoms with van der Waals surface area (Å²) in [4.78, 5) is 34.5. The zero-order valence-electron chi connectivity index (χ0n) is 12.2. The van der Waals surface area contributed by atoms with Crippen LogP contribution in [0, 0.1) is 0 Å². The van der Waals surface area contributed by atoms with E-state index in [-0.39, 0.29) is 5.91 Å². The number of hydrogen-bond acceptors (Lipinski definition) is 4.